The van der Waals surface area contributed by atoms with Crippen LogP contribution in [0.3, 0.4) is 0 Å². The van der Waals surface area contributed by atoms with E-state index in [0.29, 0.717) is 5.56 Å². The second kappa shape index (κ2) is 8.45. The molecule has 0 aromatic heterocycles. The standard InChI is InChI=1S/C18H17N.C11H8O2/c19-18-7-3-6-14-16-9-8-12-4-1-2-5-13(12)15(16)10-11-17(14)18;12-11(13)10-6-5-8-3-1-2-4-9(8)7-10/h1-2,4-5,8-11,18H,3,6-7,19H2;1-7H,(H,12,13). The second-order valence-corrected chi connectivity index (χ2v) is 8.38. The number of carbonyl (C=O) groups is 1. The van der Waals surface area contributed by atoms with Gasteiger partial charge in [-0.1, -0.05) is 78.9 Å². The molecule has 1 aliphatic rings. The Kier molecular flexibility index (Phi) is 5.34. The van der Waals surface area contributed by atoms with Crippen LogP contribution in [0.1, 0.15) is 40.4 Å². The molecule has 0 amide bonds. The maximum atomic E-state index is 10.6. The van der Waals surface area contributed by atoms with Crippen molar-refractivity contribution in [1.82, 2.24) is 0 Å². The Labute approximate surface area is 187 Å². The lowest BCUT2D eigenvalue weighted by molar-refractivity contribution is 0.0697. The average Bonchev–Trinajstić information content (AvgIpc) is 2.84. The Hall–Kier alpha value is -3.69. The van der Waals surface area contributed by atoms with Crippen LogP contribution in [-0.4, -0.2) is 11.1 Å². The second-order valence-electron chi connectivity index (χ2n) is 8.38. The summed E-state index contributed by atoms with van der Waals surface area (Å²) in [6.45, 7) is 0. The fourth-order valence-corrected chi connectivity index (χ4v) is 4.77. The topological polar surface area (TPSA) is 63.3 Å². The van der Waals surface area contributed by atoms with Gasteiger partial charge in [0.05, 0.1) is 5.56 Å². The van der Waals surface area contributed by atoms with Crippen molar-refractivity contribution in [2.75, 3.05) is 0 Å². The number of nitrogens with two attached hydrogens (primary N) is 1. The quantitative estimate of drug-likeness (QED) is 0.292. The number of hydrogen-bond donors (Lipinski definition) is 2. The van der Waals surface area contributed by atoms with Crippen molar-refractivity contribution in [3.63, 3.8) is 0 Å². The van der Waals surface area contributed by atoms with E-state index in [1.54, 1.807) is 12.1 Å². The molecule has 3 nitrogen and oxygen atoms in total. The van der Waals surface area contributed by atoms with Crippen LogP contribution >= 0.6 is 0 Å². The van der Waals surface area contributed by atoms with Crippen molar-refractivity contribution in [3.8, 4) is 0 Å². The number of aromatic carboxylic acids is 1. The minimum atomic E-state index is -0.884. The number of aryl methyl sites for hydroxylation is 1. The van der Waals surface area contributed by atoms with E-state index in [9.17, 15) is 4.79 Å². The molecular formula is C29H25NO2. The molecule has 0 bridgehead atoms. The van der Waals surface area contributed by atoms with Crippen LogP contribution in [-0.2, 0) is 6.42 Å². The third kappa shape index (κ3) is 3.72. The molecule has 1 atom stereocenters. The molecule has 5 aromatic carbocycles. The van der Waals surface area contributed by atoms with Crippen molar-refractivity contribution in [3.05, 3.63) is 108 Å². The summed E-state index contributed by atoms with van der Waals surface area (Å²) < 4.78 is 0. The Balaban J connectivity index is 0.000000146. The zero-order chi connectivity index (χ0) is 22.1. The first kappa shape index (κ1) is 20.2. The summed E-state index contributed by atoms with van der Waals surface area (Å²) in [6.07, 6.45) is 3.49. The minimum absolute atomic E-state index is 0.222. The van der Waals surface area contributed by atoms with E-state index in [-0.39, 0.29) is 6.04 Å². The van der Waals surface area contributed by atoms with Crippen LogP contribution < -0.4 is 5.73 Å². The third-order valence-electron chi connectivity index (χ3n) is 6.41. The minimum Gasteiger partial charge on any atom is -0.478 e. The molecule has 0 spiro atoms. The summed E-state index contributed by atoms with van der Waals surface area (Å²) in [7, 11) is 0. The molecule has 0 fully saturated rings. The van der Waals surface area contributed by atoms with Crippen molar-refractivity contribution >= 4 is 38.3 Å². The summed E-state index contributed by atoms with van der Waals surface area (Å²) in [4.78, 5) is 10.6. The first-order chi connectivity index (χ1) is 15.6. The molecular weight excluding hydrogens is 394 g/mol. The molecule has 0 saturated heterocycles. The number of fused-ring (bicyclic) bond motifs is 6. The largest absolute Gasteiger partial charge is 0.478 e. The molecule has 32 heavy (non-hydrogen) atoms. The molecule has 0 heterocycles. The lowest BCUT2D eigenvalue weighted by Gasteiger charge is -2.24. The maximum Gasteiger partial charge on any atom is 0.335 e. The van der Waals surface area contributed by atoms with Gasteiger partial charge in [0.25, 0.3) is 0 Å². The van der Waals surface area contributed by atoms with Gasteiger partial charge < -0.3 is 10.8 Å². The van der Waals surface area contributed by atoms with Gasteiger partial charge >= 0.3 is 5.97 Å². The Bertz CT molecular complexity index is 1450. The van der Waals surface area contributed by atoms with E-state index in [0.717, 1.165) is 17.2 Å². The van der Waals surface area contributed by atoms with Gasteiger partial charge in [0.2, 0.25) is 0 Å². The van der Waals surface area contributed by atoms with Gasteiger partial charge in [0.15, 0.2) is 0 Å². The monoisotopic (exact) mass is 419 g/mol. The van der Waals surface area contributed by atoms with Crippen molar-refractivity contribution < 1.29 is 9.90 Å². The van der Waals surface area contributed by atoms with Crippen molar-refractivity contribution in [2.45, 2.75) is 25.3 Å². The molecule has 6 rings (SSSR count). The van der Waals surface area contributed by atoms with Gasteiger partial charge in [-0.25, -0.2) is 4.79 Å². The summed E-state index contributed by atoms with van der Waals surface area (Å²) >= 11 is 0. The van der Waals surface area contributed by atoms with E-state index < -0.39 is 5.97 Å². The van der Waals surface area contributed by atoms with Gasteiger partial charge in [-0.05, 0) is 74.8 Å². The van der Waals surface area contributed by atoms with E-state index in [1.165, 1.54) is 45.5 Å². The van der Waals surface area contributed by atoms with Crippen molar-refractivity contribution in [1.29, 1.82) is 0 Å². The van der Waals surface area contributed by atoms with Crippen LogP contribution in [0.4, 0.5) is 0 Å². The van der Waals surface area contributed by atoms with Crippen LogP contribution in [0.15, 0.2) is 91.0 Å². The number of carboxylic acid groups (broad SMARTS) is 1. The van der Waals surface area contributed by atoms with Crippen molar-refractivity contribution in [2.24, 2.45) is 5.73 Å². The van der Waals surface area contributed by atoms with E-state index in [1.807, 2.05) is 30.3 Å². The zero-order valence-electron chi connectivity index (χ0n) is 17.8. The predicted molar refractivity (Wildman–Crippen MR) is 132 cm³/mol. The lowest BCUT2D eigenvalue weighted by atomic mass is 9.84. The average molecular weight is 420 g/mol. The van der Waals surface area contributed by atoms with Crippen LogP contribution in [0.2, 0.25) is 0 Å². The normalized spacial score (nSPS) is 15.2. The van der Waals surface area contributed by atoms with E-state index in [4.69, 9.17) is 10.8 Å². The number of carboxylic acids is 1. The summed E-state index contributed by atoms with van der Waals surface area (Å²) in [6, 6.07) is 30.6. The summed E-state index contributed by atoms with van der Waals surface area (Å²) in [5, 5.41) is 16.2. The maximum absolute atomic E-state index is 10.6. The van der Waals surface area contributed by atoms with E-state index >= 15 is 0 Å². The van der Waals surface area contributed by atoms with Gasteiger partial charge in [0.1, 0.15) is 0 Å². The molecule has 1 unspecified atom stereocenters. The molecule has 5 aromatic rings. The first-order valence-electron chi connectivity index (χ1n) is 11.0. The number of rotatable bonds is 1. The van der Waals surface area contributed by atoms with Crippen LogP contribution in [0, 0.1) is 0 Å². The Morgan fingerprint density at radius 2 is 1.44 bits per heavy atom. The molecule has 3 N–H and O–H groups in total. The first-order valence-corrected chi connectivity index (χ1v) is 11.0. The molecule has 3 heteroatoms. The molecule has 0 saturated carbocycles. The highest BCUT2D eigenvalue weighted by Crippen LogP contribution is 2.36. The fraction of sp³-hybridized carbons (Fsp3) is 0.138. The summed E-state index contributed by atoms with van der Waals surface area (Å²) in [5.41, 5.74) is 9.41. The lowest BCUT2D eigenvalue weighted by Crippen LogP contribution is -2.17. The highest BCUT2D eigenvalue weighted by Gasteiger charge is 2.19. The van der Waals surface area contributed by atoms with Gasteiger partial charge in [-0.2, -0.15) is 0 Å². The smallest absolute Gasteiger partial charge is 0.335 e. The highest BCUT2D eigenvalue weighted by molar-refractivity contribution is 6.08. The zero-order valence-corrected chi connectivity index (χ0v) is 17.8. The fourth-order valence-electron chi connectivity index (χ4n) is 4.77. The molecule has 1 aliphatic carbocycles. The van der Waals surface area contributed by atoms with Gasteiger partial charge in [-0.3, -0.25) is 0 Å². The molecule has 0 aliphatic heterocycles. The Morgan fingerprint density at radius 3 is 2.25 bits per heavy atom. The van der Waals surface area contributed by atoms with Gasteiger partial charge in [0, 0.05) is 6.04 Å². The molecule has 158 valence electrons. The number of benzene rings is 5. The van der Waals surface area contributed by atoms with E-state index in [2.05, 4.69) is 48.5 Å². The van der Waals surface area contributed by atoms with Crippen LogP contribution in [0.5, 0.6) is 0 Å². The van der Waals surface area contributed by atoms with Gasteiger partial charge in [-0.15, -0.1) is 0 Å². The molecule has 0 radical (unpaired) electrons. The Morgan fingerprint density at radius 1 is 0.750 bits per heavy atom. The van der Waals surface area contributed by atoms with Crippen LogP contribution in [0.25, 0.3) is 32.3 Å². The SMILES string of the molecule is NC1CCCc2c1ccc1c2ccc2ccccc21.O=C(O)c1ccc2ccccc2c1. The predicted octanol–water partition coefficient (Wildman–Crippen LogP) is 6.87. The number of hydrogen-bond acceptors (Lipinski definition) is 2. The third-order valence-corrected chi connectivity index (χ3v) is 6.41. The highest BCUT2D eigenvalue weighted by atomic mass is 16.4. The summed E-state index contributed by atoms with van der Waals surface area (Å²) in [5.74, 6) is -0.884.